The van der Waals surface area contributed by atoms with Crippen molar-refractivity contribution >= 4 is 11.6 Å². The number of carbonyl (C=O) groups excluding carboxylic acids is 1. The molecule has 0 unspecified atom stereocenters. The van der Waals surface area contributed by atoms with Crippen LogP contribution < -0.4 is 10.1 Å². The smallest absolute Gasteiger partial charge is 0.259 e. The van der Waals surface area contributed by atoms with Gasteiger partial charge in [-0.1, -0.05) is 12.1 Å². The van der Waals surface area contributed by atoms with Crippen LogP contribution in [0, 0.1) is 18.3 Å². The third kappa shape index (κ3) is 2.59. The van der Waals surface area contributed by atoms with E-state index in [9.17, 15) is 4.79 Å². The Balaban J connectivity index is 2.34. The van der Waals surface area contributed by atoms with E-state index in [4.69, 9.17) is 10.00 Å². The second kappa shape index (κ2) is 5.85. The Bertz CT molecular complexity index is 690. The van der Waals surface area contributed by atoms with Gasteiger partial charge in [0, 0.05) is 6.20 Å². The highest BCUT2D eigenvalue weighted by molar-refractivity contribution is 6.06. The fourth-order valence-electron chi connectivity index (χ4n) is 1.84. The molecule has 0 fully saturated rings. The Morgan fingerprint density at radius 1 is 1.40 bits per heavy atom. The summed E-state index contributed by atoms with van der Waals surface area (Å²) in [4.78, 5) is 16.1. The lowest BCUT2D eigenvalue weighted by Gasteiger charge is -2.10. The van der Waals surface area contributed by atoms with Crippen molar-refractivity contribution in [3.8, 4) is 11.8 Å². The zero-order valence-corrected chi connectivity index (χ0v) is 11.2. The van der Waals surface area contributed by atoms with Gasteiger partial charge >= 0.3 is 0 Å². The number of nitrogens with zero attached hydrogens (tertiary/aromatic N) is 2. The predicted octanol–water partition coefficient (Wildman–Crippen LogP) is 2.52. The molecule has 0 aliphatic carbocycles. The lowest BCUT2D eigenvalue weighted by atomic mass is 10.1. The van der Waals surface area contributed by atoms with Crippen molar-refractivity contribution in [2.24, 2.45) is 0 Å². The van der Waals surface area contributed by atoms with Crippen molar-refractivity contribution in [3.05, 3.63) is 53.3 Å². The largest absolute Gasteiger partial charge is 0.494 e. The summed E-state index contributed by atoms with van der Waals surface area (Å²) in [5, 5.41) is 11.9. The highest BCUT2D eigenvalue weighted by Crippen LogP contribution is 2.21. The van der Waals surface area contributed by atoms with Gasteiger partial charge in [-0.2, -0.15) is 5.26 Å². The molecule has 1 aromatic heterocycles. The monoisotopic (exact) mass is 267 g/mol. The van der Waals surface area contributed by atoms with Gasteiger partial charge in [-0.15, -0.1) is 0 Å². The highest BCUT2D eigenvalue weighted by atomic mass is 16.5. The van der Waals surface area contributed by atoms with Gasteiger partial charge in [-0.3, -0.25) is 9.78 Å². The number of hydrogen-bond acceptors (Lipinski definition) is 4. The minimum atomic E-state index is -0.341. The summed E-state index contributed by atoms with van der Waals surface area (Å²) in [7, 11) is 1.47. The molecule has 0 atom stereocenters. The van der Waals surface area contributed by atoms with Gasteiger partial charge in [0.2, 0.25) is 0 Å². The number of benzene rings is 1. The van der Waals surface area contributed by atoms with Crippen molar-refractivity contribution in [1.29, 1.82) is 5.26 Å². The van der Waals surface area contributed by atoms with Crippen molar-refractivity contribution in [2.45, 2.75) is 6.92 Å². The van der Waals surface area contributed by atoms with Crippen molar-refractivity contribution in [2.75, 3.05) is 12.4 Å². The van der Waals surface area contributed by atoms with E-state index in [2.05, 4.69) is 16.4 Å². The summed E-state index contributed by atoms with van der Waals surface area (Å²) in [6.07, 6.45) is 2.98. The Morgan fingerprint density at radius 3 is 2.90 bits per heavy atom. The van der Waals surface area contributed by atoms with Crippen LogP contribution in [0.25, 0.3) is 0 Å². The molecule has 0 saturated carbocycles. The molecule has 0 spiro atoms. The van der Waals surface area contributed by atoms with Gasteiger partial charge < -0.3 is 10.1 Å². The normalized spacial score (nSPS) is 9.65. The number of carbonyl (C=O) groups is 1. The Hall–Kier alpha value is -2.87. The van der Waals surface area contributed by atoms with Gasteiger partial charge in [-0.05, 0) is 24.6 Å². The standard InChI is InChI=1S/C15H13N3O2/c1-10-4-3-5-13(12(10)8-16)18-15(19)11-6-7-17-9-14(11)20-2/h3-7,9H,1-2H3,(H,18,19). The van der Waals surface area contributed by atoms with Crippen LogP contribution in [0.3, 0.4) is 0 Å². The summed E-state index contributed by atoms with van der Waals surface area (Å²) in [6.45, 7) is 1.82. The van der Waals surface area contributed by atoms with Gasteiger partial charge in [0.1, 0.15) is 11.8 Å². The summed E-state index contributed by atoms with van der Waals surface area (Å²) in [5.74, 6) is 0.0440. The number of ether oxygens (including phenoxy) is 1. The van der Waals surface area contributed by atoms with Gasteiger partial charge in [0.15, 0.2) is 0 Å². The molecule has 0 bridgehead atoms. The SMILES string of the molecule is COc1cnccc1C(=O)Nc1cccc(C)c1C#N. The molecule has 100 valence electrons. The Kier molecular flexibility index (Phi) is 3.96. The number of rotatable bonds is 3. The van der Waals surface area contributed by atoms with E-state index in [1.807, 2.05) is 13.0 Å². The van der Waals surface area contributed by atoms with E-state index >= 15 is 0 Å². The van der Waals surface area contributed by atoms with Crippen molar-refractivity contribution < 1.29 is 9.53 Å². The third-order valence-electron chi connectivity index (χ3n) is 2.88. The molecule has 2 rings (SSSR count). The highest BCUT2D eigenvalue weighted by Gasteiger charge is 2.14. The third-order valence-corrected chi connectivity index (χ3v) is 2.88. The lowest BCUT2D eigenvalue weighted by molar-refractivity contribution is 0.102. The van der Waals surface area contributed by atoms with E-state index in [1.54, 1.807) is 18.2 Å². The first-order valence-corrected chi connectivity index (χ1v) is 5.96. The summed E-state index contributed by atoms with van der Waals surface area (Å²) in [5.41, 5.74) is 2.12. The van der Waals surface area contributed by atoms with Crippen LogP contribution in [0.15, 0.2) is 36.7 Å². The van der Waals surface area contributed by atoms with Crippen LogP contribution >= 0.6 is 0 Å². The van der Waals surface area contributed by atoms with Crippen molar-refractivity contribution in [3.63, 3.8) is 0 Å². The van der Waals surface area contributed by atoms with Crippen molar-refractivity contribution in [1.82, 2.24) is 4.98 Å². The number of anilines is 1. The van der Waals surface area contributed by atoms with E-state index < -0.39 is 0 Å². The van der Waals surface area contributed by atoms with Crippen LogP contribution in [-0.2, 0) is 0 Å². The first-order valence-electron chi connectivity index (χ1n) is 5.96. The molecule has 0 saturated heterocycles. The van der Waals surface area contributed by atoms with E-state index in [1.165, 1.54) is 19.5 Å². The maximum absolute atomic E-state index is 12.2. The van der Waals surface area contributed by atoms with Crippen LogP contribution in [0.2, 0.25) is 0 Å². The minimum absolute atomic E-state index is 0.341. The number of aryl methyl sites for hydroxylation is 1. The number of nitriles is 1. The predicted molar refractivity (Wildman–Crippen MR) is 74.6 cm³/mol. The minimum Gasteiger partial charge on any atom is -0.494 e. The molecule has 1 aromatic carbocycles. The number of aromatic nitrogens is 1. The second-order valence-electron chi connectivity index (χ2n) is 4.14. The number of methoxy groups -OCH3 is 1. The Morgan fingerprint density at radius 2 is 2.20 bits per heavy atom. The van der Waals surface area contributed by atoms with Gasteiger partial charge in [0.25, 0.3) is 5.91 Å². The van der Waals surface area contributed by atoms with E-state index in [0.29, 0.717) is 22.6 Å². The average Bonchev–Trinajstić information content (AvgIpc) is 2.47. The average molecular weight is 267 g/mol. The Labute approximate surface area is 116 Å². The van der Waals surface area contributed by atoms with Crippen LogP contribution in [-0.4, -0.2) is 18.0 Å². The van der Waals surface area contributed by atoms with E-state index in [-0.39, 0.29) is 5.91 Å². The van der Waals surface area contributed by atoms with Crippen LogP contribution in [0.5, 0.6) is 5.75 Å². The first kappa shape index (κ1) is 13.6. The zero-order chi connectivity index (χ0) is 14.5. The van der Waals surface area contributed by atoms with Crippen LogP contribution in [0.1, 0.15) is 21.5 Å². The number of amides is 1. The number of nitrogens with one attached hydrogen (secondary N) is 1. The number of pyridine rings is 1. The summed E-state index contributed by atoms with van der Waals surface area (Å²) in [6, 6.07) is 8.96. The molecular weight excluding hydrogens is 254 g/mol. The fourth-order valence-corrected chi connectivity index (χ4v) is 1.84. The second-order valence-corrected chi connectivity index (χ2v) is 4.14. The maximum atomic E-state index is 12.2. The topological polar surface area (TPSA) is 75.0 Å². The summed E-state index contributed by atoms with van der Waals surface area (Å²) < 4.78 is 5.10. The molecular formula is C15H13N3O2. The van der Waals surface area contributed by atoms with E-state index in [0.717, 1.165) is 5.56 Å². The quantitative estimate of drug-likeness (QED) is 0.927. The lowest BCUT2D eigenvalue weighted by Crippen LogP contribution is -2.14. The summed E-state index contributed by atoms with van der Waals surface area (Å²) >= 11 is 0. The molecule has 5 heteroatoms. The van der Waals surface area contributed by atoms with Crippen LogP contribution in [0.4, 0.5) is 5.69 Å². The molecule has 2 aromatic rings. The maximum Gasteiger partial charge on any atom is 0.259 e. The number of hydrogen-bond donors (Lipinski definition) is 1. The molecule has 0 aliphatic rings. The van der Waals surface area contributed by atoms with Gasteiger partial charge in [-0.25, -0.2) is 0 Å². The fraction of sp³-hybridized carbons (Fsp3) is 0.133. The molecule has 1 amide bonds. The molecule has 0 aliphatic heterocycles. The molecule has 1 heterocycles. The molecule has 5 nitrogen and oxygen atoms in total. The zero-order valence-electron chi connectivity index (χ0n) is 11.2. The van der Waals surface area contributed by atoms with Gasteiger partial charge in [0.05, 0.1) is 30.1 Å². The first-order chi connectivity index (χ1) is 9.67. The molecule has 1 N–H and O–H groups in total. The molecule has 0 radical (unpaired) electrons. The molecule has 20 heavy (non-hydrogen) atoms.